The molecule has 0 spiro atoms. The molecule has 0 fully saturated rings. The lowest BCUT2D eigenvalue weighted by Gasteiger charge is -2.18. The summed E-state index contributed by atoms with van der Waals surface area (Å²) in [5, 5.41) is 3.32. The van der Waals surface area contributed by atoms with E-state index in [4.69, 9.17) is 0 Å². The topological polar surface area (TPSA) is 27.6 Å². The molecule has 3 nitrogen and oxygen atoms in total. The van der Waals surface area contributed by atoms with Crippen LogP contribution in [-0.2, 0) is 0 Å². The lowest BCUT2D eigenvalue weighted by Crippen LogP contribution is -2.19. The van der Waals surface area contributed by atoms with Gasteiger partial charge in [-0.05, 0) is 12.1 Å². The van der Waals surface area contributed by atoms with E-state index in [9.17, 15) is 0 Å². The van der Waals surface area contributed by atoms with Crippen molar-refractivity contribution in [3.63, 3.8) is 0 Å². The van der Waals surface area contributed by atoms with E-state index in [1.807, 2.05) is 24.5 Å². The second-order valence-electron chi connectivity index (χ2n) is 3.40. The third-order valence-electron chi connectivity index (χ3n) is 2.34. The summed E-state index contributed by atoms with van der Waals surface area (Å²) in [6.45, 7) is 6.33. The van der Waals surface area contributed by atoms with Gasteiger partial charge in [-0.1, -0.05) is 18.2 Å². The number of hydrogen-bond acceptors (Lipinski definition) is 3. The molecule has 0 radical (unpaired) electrons. The highest BCUT2D eigenvalue weighted by atomic mass is 15.2. The average molecular weight is 201 g/mol. The van der Waals surface area contributed by atoms with Gasteiger partial charge in [-0.3, -0.25) is 4.99 Å². The highest BCUT2D eigenvalue weighted by Crippen LogP contribution is 2.25. The Balaban J connectivity index is 2.20. The van der Waals surface area contributed by atoms with Gasteiger partial charge in [0.25, 0.3) is 0 Å². The number of para-hydroxylation sites is 2. The van der Waals surface area contributed by atoms with Gasteiger partial charge in [0, 0.05) is 13.1 Å². The van der Waals surface area contributed by atoms with Crippen molar-refractivity contribution in [3.8, 4) is 0 Å². The first-order valence-electron chi connectivity index (χ1n) is 5.12. The van der Waals surface area contributed by atoms with Gasteiger partial charge < -0.3 is 10.2 Å². The highest BCUT2D eigenvalue weighted by molar-refractivity contribution is 5.87. The lowest BCUT2D eigenvalue weighted by molar-refractivity contribution is 1.02. The summed E-state index contributed by atoms with van der Waals surface area (Å²) in [7, 11) is 0. The Kier molecular flexibility index (Phi) is 3.02. The van der Waals surface area contributed by atoms with E-state index < -0.39 is 0 Å². The summed E-state index contributed by atoms with van der Waals surface area (Å²) >= 11 is 0. The zero-order chi connectivity index (χ0) is 10.5. The Morgan fingerprint density at radius 2 is 2.33 bits per heavy atom. The van der Waals surface area contributed by atoms with Gasteiger partial charge in [-0.25, -0.2) is 0 Å². The molecule has 1 aromatic rings. The number of rotatable bonds is 4. The van der Waals surface area contributed by atoms with Crippen LogP contribution >= 0.6 is 0 Å². The van der Waals surface area contributed by atoms with Crippen LogP contribution in [0.1, 0.15) is 0 Å². The maximum Gasteiger partial charge on any atom is 0.0896 e. The zero-order valence-electron chi connectivity index (χ0n) is 8.69. The summed E-state index contributed by atoms with van der Waals surface area (Å²) in [4.78, 5) is 6.37. The summed E-state index contributed by atoms with van der Waals surface area (Å²) < 4.78 is 0. The predicted molar refractivity (Wildman–Crippen MR) is 65.8 cm³/mol. The predicted octanol–water partition coefficient (Wildman–Crippen LogP) is 2.13. The molecule has 0 unspecified atom stereocenters. The SMILES string of the molecule is C=CCNc1ccccc1N1C=NCC1. The molecule has 1 N–H and O–H groups in total. The number of nitrogens with one attached hydrogen (secondary N) is 1. The fourth-order valence-electron chi connectivity index (χ4n) is 1.62. The first-order chi connectivity index (χ1) is 7.42. The molecular formula is C12H15N3. The van der Waals surface area contributed by atoms with Crippen molar-refractivity contribution >= 4 is 17.7 Å². The molecule has 1 aliphatic rings. The lowest BCUT2D eigenvalue weighted by atomic mass is 10.2. The molecule has 0 saturated carbocycles. The fraction of sp³-hybridized carbons (Fsp3) is 0.250. The van der Waals surface area contributed by atoms with Crippen molar-refractivity contribution in [1.29, 1.82) is 0 Å². The zero-order valence-corrected chi connectivity index (χ0v) is 8.69. The Morgan fingerprint density at radius 3 is 3.07 bits per heavy atom. The minimum atomic E-state index is 0.780. The molecule has 1 aromatic carbocycles. The quantitative estimate of drug-likeness (QED) is 0.756. The minimum Gasteiger partial charge on any atom is -0.380 e. The monoisotopic (exact) mass is 201 g/mol. The van der Waals surface area contributed by atoms with Gasteiger partial charge in [0.2, 0.25) is 0 Å². The third kappa shape index (κ3) is 2.18. The van der Waals surface area contributed by atoms with Crippen molar-refractivity contribution in [2.24, 2.45) is 4.99 Å². The van der Waals surface area contributed by atoms with E-state index >= 15 is 0 Å². The van der Waals surface area contributed by atoms with Crippen LogP contribution in [0.15, 0.2) is 41.9 Å². The molecule has 0 aliphatic carbocycles. The van der Waals surface area contributed by atoms with Crippen LogP contribution in [0.3, 0.4) is 0 Å². The molecule has 78 valence electrons. The van der Waals surface area contributed by atoms with Crippen LogP contribution in [0.25, 0.3) is 0 Å². The summed E-state index contributed by atoms with van der Waals surface area (Å²) in [6.07, 6.45) is 3.75. The summed E-state index contributed by atoms with van der Waals surface area (Å²) in [5.74, 6) is 0. The molecule has 0 aromatic heterocycles. The second-order valence-corrected chi connectivity index (χ2v) is 3.40. The normalized spacial score (nSPS) is 14.3. The maximum atomic E-state index is 4.22. The maximum absolute atomic E-state index is 4.22. The Hall–Kier alpha value is -1.77. The standard InChI is InChI=1S/C12H15N3/c1-2-7-14-11-5-3-4-6-12(11)15-9-8-13-10-15/h2-6,10,14H,1,7-9H2. The van der Waals surface area contributed by atoms with E-state index in [2.05, 4.69) is 33.9 Å². The van der Waals surface area contributed by atoms with Gasteiger partial charge in [-0.15, -0.1) is 6.58 Å². The number of benzene rings is 1. The summed E-state index contributed by atoms with van der Waals surface area (Å²) in [6, 6.07) is 8.25. The molecular weight excluding hydrogens is 186 g/mol. The van der Waals surface area contributed by atoms with Crippen LogP contribution in [0.5, 0.6) is 0 Å². The average Bonchev–Trinajstić information content (AvgIpc) is 2.80. The number of aliphatic imine (C=N–C) groups is 1. The molecule has 1 heterocycles. The largest absolute Gasteiger partial charge is 0.380 e. The van der Waals surface area contributed by atoms with Crippen LogP contribution in [0, 0.1) is 0 Å². The minimum absolute atomic E-state index is 0.780. The Bertz CT molecular complexity index is 371. The van der Waals surface area contributed by atoms with Crippen LogP contribution in [-0.4, -0.2) is 26.0 Å². The van der Waals surface area contributed by atoms with E-state index in [1.165, 1.54) is 5.69 Å². The first-order valence-corrected chi connectivity index (χ1v) is 5.12. The molecule has 2 rings (SSSR count). The first kappa shape index (κ1) is 9.77. The number of nitrogens with zero attached hydrogens (tertiary/aromatic N) is 2. The molecule has 1 aliphatic heterocycles. The Morgan fingerprint density at radius 1 is 1.47 bits per heavy atom. The molecule has 3 heteroatoms. The van der Waals surface area contributed by atoms with Crippen LogP contribution in [0.2, 0.25) is 0 Å². The van der Waals surface area contributed by atoms with Gasteiger partial charge >= 0.3 is 0 Å². The highest BCUT2D eigenvalue weighted by Gasteiger charge is 2.11. The smallest absolute Gasteiger partial charge is 0.0896 e. The fourth-order valence-corrected chi connectivity index (χ4v) is 1.62. The molecule has 0 bridgehead atoms. The van der Waals surface area contributed by atoms with Gasteiger partial charge in [0.05, 0.1) is 24.3 Å². The van der Waals surface area contributed by atoms with Crippen molar-refractivity contribution < 1.29 is 0 Å². The van der Waals surface area contributed by atoms with E-state index in [1.54, 1.807) is 0 Å². The molecule has 15 heavy (non-hydrogen) atoms. The second kappa shape index (κ2) is 4.64. The number of anilines is 2. The van der Waals surface area contributed by atoms with E-state index in [-0.39, 0.29) is 0 Å². The van der Waals surface area contributed by atoms with Crippen LogP contribution < -0.4 is 10.2 Å². The van der Waals surface area contributed by atoms with Crippen molar-refractivity contribution in [3.05, 3.63) is 36.9 Å². The van der Waals surface area contributed by atoms with Crippen LogP contribution in [0.4, 0.5) is 11.4 Å². The summed E-state index contributed by atoms with van der Waals surface area (Å²) in [5.41, 5.74) is 2.31. The van der Waals surface area contributed by atoms with E-state index in [0.29, 0.717) is 0 Å². The van der Waals surface area contributed by atoms with Crippen molar-refractivity contribution in [2.75, 3.05) is 29.9 Å². The van der Waals surface area contributed by atoms with Gasteiger partial charge in [-0.2, -0.15) is 0 Å². The van der Waals surface area contributed by atoms with E-state index in [0.717, 1.165) is 25.3 Å². The van der Waals surface area contributed by atoms with Gasteiger partial charge in [0.1, 0.15) is 0 Å². The Labute approximate surface area is 90.1 Å². The molecule has 0 amide bonds. The van der Waals surface area contributed by atoms with Gasteiger partial charge in [0.15, 0.2) is 0 Å². The molecule has 0 atom stereocenters. The van der Waals surface area contributed by atoms with Crippen molar-refractivity contribution in [2.45, 2.75) is 0 Å². The third-order valence-corrected chi connectivity index (χ3v) is 2.34. The number of hydrogen-bond donors (Lipinski definition) is 1. The molecule has 0 saturated heterocycles. The van der Waals surface area contributed by atoms with Crippen molar-refractivity contribution in [1.82, 2.24) is 0 Å².